The molecule has 2 heterocycles. The summed E-state index contributed by atoms with van der Waals surface area (Å²) in [5, 5.41) is 3.55. The van der Waals surface area contributed by atoms with Crippen molar-refractivity contribution in [2.75, 3.05) is 19.0 Å². The van der Waals surface area contributed by atoms with Crippen LogP contribution in [0.4, 0.5) is 21.9 Å². The minimum Gasteiger partial charge on any atom is -0.310 e. The molecule has 0 aliphatic carbocycles. The third-order valence-corrected chi connectivity index (χ3v) is 10.7. The average molecular weight is 574 g/mol. The Hall–Kier alpha value is -4.49. The summed E-state index contributed by atoms with van der Waals surface area (Å²) in [6, 6.07) is 27.3. The van der Waals surface area contributed by atoms with E-state index in [0.29, 0.717) is 0 Å². The third-order valence-electron chi connectivity index (χ3n) is 8.65. The molecule has 6 rings (SSSR count). The Morgan fingerprint density at radius 1 is 0.738 bits per heavy atom. The molecular formula is C35H35N3O3Si. The summed E-state index contributed by atoms with van der Waals surface area (Å²) in [6.45, 7) is 11.6. The van der Waals surface area contributed by atoms with Gasteiger partial charge in [0.1, 0.15) is 5.57 Å². The number of anilines is 3. The van der Waals surface area contributed by atoms with Crippen molar-refractivity contribution >= 4 is 65.0 Å². The summed E-state index contributed by atoms with van der Waals surface area (Å²) in [4.78, 5) is 42.0. The van der Waals surface area contributed by atoms with Gasteiger partial charge in [-0.3, -0.25) is 19.4 Å². The first kappa shape index (κ1) is 27.7. The second kappa shape index (κ2) is 9.53. The summed E-state index contributed by atoms with van der Waals surface area (Å²) in [5.74, 6) is -1.19. The van der Waals surface area contributed by atoms with E-state index in [1.165, 1.54) is 36.1 Å². The van der Waals surface area contributed by atoms with E-state index in [-0.39, 0.29) is 11.0 Å². The van der Waals surface area contributed by atoms with Crippen molar-refractivity contribution in [2.45, 2.75) is 38.9 Å². The highest BCUT2D eigenvalue weighted by atomic mass is 28.3. The second-order valence-corrected chi connectivity index (χ2v) is 17.9. The Labute approximate surface area is 247 Å². The Kier molecular flexibility index (Phi) is 6.28. The Morgan fingerprint density at radius 3 is 2.02 bits per heavy atom. The smallest absolute Gasteiger partial charge is 0.310 e. The maximum absolute atomic E-state index is 12.8. The van der Waals surface area contributed by atoms with Crippen molar-refractivity contribution in [1.29, 1.82) is 0 Å². The molecular weight excluding hydrogens is 538 g/mol. The van der Waals surface area contributed by atoms with Crippen LogP contribution in [0.3, 0.4) is 0 Å². The second-order valence-electron chi connectivity index (χ2n) is 12.8. The molecule has 4 amide bonds. The number of carbonyl (C=O) groups excluding carboxylic acids is 3. The molecule has 212 valence electrons. The fraction of sp³-hybridized carbons (Fsp3) is 0.229. The molecule has 7 heteroatoms. The molecule has 0 unspecified atom stereocenters. The van der Waals surface area contributed by atoms with Crippen molar-refractivity contribution < 1.29 is 14.4 Å². The number of nitrogens with zero attached hydrogens (tertiary/aromatic N) is 3. The summed E-state index contributed by atoms with van der Waals surface area (Å²) >= 11 is 0. The van der Waals surface area contributed by atoms with Crippen molar-refractivity contribution in [3.05, 3.63) is 101 Å². The maximum Gasteiger partial charge on any atom is 0.333 e. The molecule has 1 saturated heterocycles. The van der Waals surface area contributed by atoms with Gasteiger partial charge in [-0.2, -0.15) is 0 Å². The largest absolute Gasteiger partial charge is 0.333 e. The molecule has 2 aliphatic rings. The summed E-state index contributed by atoms with van der Waals surface area (Å²) < 4.78 is 0. The highest BCUT2D eigenvalue weighted by Crippen LogP contribution is 2.53. The van der Waals surface area contributed by atoms with Crippen molar-refractivity contribution in [1.82, 2.24) is 9.80 Å². The molecule has 4 aromatic rings. The minimum absolute atomic E-state index is 0.0286. The van der Waals surface area contributed by atoms with E-state index in [4.69, 9.17) is 0 Å². The van der Waals surface area contributed by atoms with Crippen LogP contribution in [0.1, 0.15) is 30.5 Å². The first-order valence-corrected chi connectivity index (χ1v) is 17.7. The molecule has 0 bridgehead atoms. The predicted molar refractivity (Wildman–Crippen MR) is 173 cm³/mol. The lowest BCUT2D eigenvalue weighted by Crippen LogP contribution is -2.52. The van der Waals surface area contributed by atoms with Gasteiger partial charge >= 0.3 is 6.03 Å². The van der Waals surface area contributed by atoms with E-state index in [0.717, 1.165) is 37.5 Å². The highest BCUT2D eigenvalue weighted by Gasteiger charge is 2.39. The number of rotatable bonds is 3. The highest BCUT2D eigenvalue weighted by molar-refractivity contribution is 6.88. The number of hydrogen-bond donors (Lipinski definition) is 0. The van der Waals surface area contributed by atoms with Gasteiger partial charge < -0.3 is 4.90 Å². The van der Waals surface area contributed by atoms with E-state index in [1.807, 2.05) is 12.1 Å². The number of hydrogen-bond acceptors (Lipinski definition) is 4. The average Bonchev–Trinajstić information content (AvgIpc) is 2.97. The third kappa shape index (κ3) is 4.19. The van der Waals surface area contributed by atoms with Crippen LogP contribution in [0.5, 0.6) is 0 Å². The van der Waals surface area contributed by atoms with Crippen LogP contribution in [0.2, 0.25) is 19.6 Å². The first-order valence-electron chi connectivity index (χ1n) is 14.2. The predicted octanol–water partition coefficient (Wildman–Crippen LogP) is 6.93. The van der Waals surface area contributed by atoms with Crippen molar-refractivity contribution in [3.63, 3.8) is 0 Å². The van der Waals surface area contributed by atoms with Crippen molar-refractivity contribution in [3.8, 4) is 0 Å². The number of benzene rings is 4. The zero-order valence-electron chi connectivity index (χ0n) is 25.1. The number of likely N-dealkylation sites (N-methyl/N-ethyl adjacent to an activating group) is 2. The van der Waals surface area contributed by atoms with E-state index in [9.17, 15) is 14.4 Å². The molecule has 0 radical (unpaired) electrons. The number of para-hydroxylation sites is 1. The molecule has 0 atom stereocenters. The van der Waals surface area contributed by atoms with Gasteiger partial charge in [0.15, 0.2) is 0 Å². The Balaban J connectivity index is 1.51. The van der Waals surface area contributed by atoms with Crippen LogP contribution < -0.4 is 10.1 Å². The minimum atomic E-state index is -1.44. The standard InChI is InChI=1S/C35H35N3O3Si/c1-35(2)28-10-8-9-11-29(28)38(24-14-16-25(17-15-24)42(5,6)7)30-19-13-23-20-22(12-18-26(23)31(30)35)21-27-32(39)36(3)34(41)37(4)33(27)40/h8-21H,1-7H3. The van der Waals surface area contributed by atoms with Gasteiger partial charge in [0, 0.05) is 25.2 Å². The number of imide groups is 2. The van der Waals surface area contributed by atoms with Gasteiger partial charge in [-0.1, -0.05) is 87.2 Å². The van der Waals surface area contributed by atoms with Crippen molar-refractivity contribution in [2.24, 2.45) is 0 Å². The Morgan fingerprint density at radius 2 is 1.38 bits per heavy atom. The summed E-state index contributed by atoms with van der Waals surface area (Å²) in [7, 11) is 1.34. The van der Waals surface area contributed by atoms with E-state index >= 15 is 0 Å². The number of carbonyl (C=O) groups is 3. The van der Waals surface area contributed by atoms with Crippen LogP contribution >= 0.6 is 0 Å². The van der Waals surface area contributed by atoms with Gasteiger partial charge in [-0.15, -0.1) is 0 Å². The van der Waals surface area contributed by atoms with Crippen LogP contribution in [0.15, 0.2) is 84.4 Å². The quantitative estimate of drug-likeness (QED) is 0.152. The fourth-order valence-electron chi connectivity index (χ4n) is 6.26. The topological polar surface area (TPSA) is 60.9 Å². The molecule has 2 aliphatic heterocycles. The maximum atomic E-state index is 12.8. The summed E-state index contributed by atoms with van der Waals surface area (Å²) in [5.41, 5.74) is 6.33. The monoisotopic (exact) mass is 573 g/mol. The van der Waals surface area contributed by atoms with E-state index in [1.54, 1.807) is 6.08 Å². The lowest BCUT2D eigenvalue weighted by atomic mass is 9.71. The normalized spacial score (nSPS) is 16.6. The SMILES string of the molecule is CN1C(=O)C(=Cc2ccc3c4c(ccc3c2)N(c2ccc([Si](C)(C)C)cc2)c2ccccc2C4(C)C)C(=O)N(C)C1=O. The molecule has 0 saturated carbocycles. The number of amides is 4. The molecule has 0 N–H and O–H groups in total. The van der Waals surface area contributed by atoms with E-state index in [2.05, 4.69) is 105 Å². The lowest BCUT2D eigenvalue weighted by molar-refractivity contribution is -0.134. The first-order chi connectivity index (χ1) is 19.8. The number of fused-ring (bicyclic) bond motifs is 4. The zero-order chi connectivity index (χ0) is 30.1. The van der Waals surface area contributed by atoms with Crippen LogP contribution in [0.25, 0.3) is 16.8 Å². The molecule has 6 nitrogen and oxygen atoms in total. The van der Waals surface area contributed by atoms with Gasteiger partial charge in [0.05, 0.1) is 19.4 Å². The number of urea groups is 1. The zero-order valence-corrected chi connectivity index (χ0v) is 26.1. The molecule has 42 heavy (non-hydrogen) atoms. The molecule has 0 spiro atoms. The summed E-state index contributed by atoms with van der Waals surface area (Å²) in [6.07, 6.45) is 1.58. The van der Waals surface area contributed by atoms with Crippen LogP contribution in [0, 0.1) is 0 Å². The Bertz CT molecular complexity index is 1810. The lowest BCUT2D eigenvalue weighted by Gasteiger charge is -2.42. The van der Waals surface area contributed by atoms with Gasteiger partial charge in [-0.25, -0.2) is 4.79 Å². The fourth-order valence-corrected chi connectivity index (χ4v) is 7.43. The van der Waals surface area contributed by atoms with Gasteiger partial charge in [0.25, 0.3) is 11.8 Å². The van der Waals surface area contributed by atoms with Crippen LogP contribution in [-0.2, 0) is 15.0 Å². The van der Waals surface area contributed by atoms with Gasteiger partial charge in [-0.05, 0) is 63.9 Å². The van der Waals surface area contributed by atoms with E-state index < -0.39 is 25.9 Å². The molecule has 1 fully saturated rings. The molecule has 0 aromatic heterocycles. The van der Waals surface area contributed by atoms with Gasteiger partial charge in [0.2, 0.25) is 0 Å². The molecule has 4 aromatic carbocycles. The van der Waals surface area contributed by atoms with Crippen LogP contribution in [-0.4, -0.2) is 49.8 Å². The number of barbiturate groups is 1.